The van der Waals surface area contributed by atoms with Crippen LogP contribution in [0.1, 0.15) is 37.0 Å². The van der Waals surface area contributed by atoms with Gasteiger partial charge in [-0.05, 0) is 43.8 Å². The van der Waals surface area contributed by atoms with Crippen molar-refractivity contribution in [3.05, 3.63) is 53.5 Å². The molecule has 0 aliphatic carbocycles. The molecular formula is C16H22N2O3S. The highest BCUT2D eigenvalue weighted by atomic mass is 32.2. The number of aryl methyl sites for hydroxylation is 1. The summed E-state index contributed by atoms with van der Waals surface area (Å²) in [5.41, 5.74) is 1.03. The van der Waals surface area contributed by atoms with Gasteiger partial charge in [-0.1, -0.05) is 19.1 Å². The Labute approximate surface area is 131 Å². The van der Waals surface area contributed by atoms with Crippen LogP contribution in [0.3, 0.4) is 0 Å². The third-order valence-corrected chi connectivity index (χ3v) is 4.75. The number of rotatable bonds is 6. The molecular weight excluding hydrogens is 300 g/mol. The first-order valence-corrected chi connectivity index (χ1v) is 8.76. The Morgan fingerprint density at radius 3 is 2.23 bits per heavy atom. The summed E-state index contributed by atoms with van der Waals surface area (Å²) in [6, 6.07) is 10.8. The quantitative estimate of drug-likeness (QED) is 0.887. The SMILES string of the molecule is CCc1ccc(CN(C)[C@@H](C)c2ccc(S(N)(=O)=O)cc2)o1. The van der Waals surface area contributed by atoms with Crippen LogP contribution in [0, 0.1) is 0 Å². The fourth-order valence-corrected chi connectivity index (χ4v) is 2.79. The maximum Gasteiger partial charge on any atom is 0.238 e. The average molecular weight is 322 g/mol. The van der Waals surface area contributed by atoms with Crippen LogP contribution in [0.15, 0.2) is 45.7 Å². The van der Waals surface area contributed by atoms with Gasteiger partial charge in [-0.2, -0.15) is 0 Å². The fraction of sp³-hybridized carbons (Fsp3) is 0.375. The Kier molecular flexibility index (Phi) is 5.05. The lowest BCUT2D eigenvalue weighted by Crippen LogP contribution is -2.21. The number of sulfonamides is 1. The molecule has 1 aromatic carbocycles. The van der Waals surface area contributed by atoms with Crippen LogP contribution in [0.25, 0.3) is 0 Å². The minimum absolute atomic E-state index is 0.129. The summed E-state index contributed by atoms with van der Waals surface area (Å²) < 4.78 is 28.3. The van der Waals surface area contributed by atoms with Gasteiger partial charge in [-0.15, -0.1) is 0 Å². The van der Waals surface area contributed by atoms with E-state index >= 15 is 0 Å². The Morgan fingerprint density at radius 1 is 1.14 bits per heavy atom. The van der Waals surface area contributed by atoms with Crippen molar-refractivity contribution in [2.45, 2.75) is 37.8 Å². The van der Waals surface area contributed by atoms with Crippen LogP contribution >= 0.6 is 0 Å². The lowest BCUT2D eigenvalue weighted by molar-refractivity contribution is 0.230. The monoisotopic (exact) mass is 322 g/mol. The van der Waals surface area contributed by atoms with Crippen LogP contribution in [-0.4, -0.2) is 20.4 Å². The zero-order valence-electron chi connectivity index (χ0n) is 13.1. The molecule has 0 aliphatic heterocycles. The molecule has 0 fully saturated rings. The van der Waals surface area contributed by atoms with Gasteiger partial charge in [-0.3, -0.25) is 4.90 Å². The molecule has 0 radical (unpaired) electrons. The summed E-state index contributed by atoms with van der Waals surface area (Å²) in [5.74, 6) is 1.90. The Bertz CT molecular complexity index is 720. The lowest BCUT2D eigenvalue weighted by atomic mass is 10.1. The molecule has 0 bridgehead atoms. The molecule has 0 unspecified atom stereocenters. The third-order valence-electron chi connectivity index (χ3n) is 3.82. The first-order valence-electron chi connectivity index (χ1n) is 7.22. The number of nitrogens with zero attached hydrogens (tertiary/aromatic N) is 1. The van der Waals surface area contributed by atoms with E-state index < -0.39 is 10.0 Å². The van der Waals surface area contributed by atoms with Crippen molar-refractivity contribution in [1.29, 1.82) is 0 Å². The summed E-state index contributed by atoms with van der Waals surface area (Å²) in [6.45, 7) is 4.82. The number of hydrogen-bond acceptors (Lipinski definition) is 4. The molecule has 0 saturated heterocycles. The molecule has 6 heteroatoms. The Morgan fingerprint density at radius 2 is 1.73 bits per heavy atom. The molecule has 2 rings (SSSR count). The molecule has 0 saturated carbocycles. The summed E-state index contributed by atoms with van der Waals surface area (Å²) >= 11 is 0. The van der Waals surface area contributed by atoms with Crippen molar-refractivity contribution in [3.8, 4) is 0 Å². The molecule has 1 atom stereocenters. The predicted octanol–water partition coefficient (Wildman–Crippen LogP) is 2.68. The van der Waals surface area contributed by atoms with E-state index in [-0.39, 0.29) is 10.9 Å². The van der Waals surface area contributed by atoms with Gasteiger partial charge in [0.2, 0.25) is 10.0 Å². The number of furan rings is 1. The van der Waals surface area contributed by atoms with Gasteiger partial charge >= 0.3 is 0 Å². The van der Waals surface area contributed by atoms with E-state index in [1.165, 1.54) is 12.1 Å². The maximum absolute atomic E-state index is 11.3. The zero-order valence-corrected chi connectivity index (χ0v) is 13.9. The van der Waals surface area contributed by atoms with Crippen molar-refractivity contribution in [1.82, 2.24) is 4.90 Å². The van der Waals surface area contributed by atoms with Gasteiger partial charge in [-0.25, -0.2) is 13.6 Å². The largest absolute Gasteiger partial charge is 0.465 e. The van der Waals surface area contributed by atoms with Gasteiger partial charge in [0.1, 0.15) is 11.5 Å². The lowest BCUT2D eigenvalue weighted by Gasteiger charge is -2.24. The molecule has 1 aromatic heterocycles. The molecule has 22 heavy (non-hydrogen) atoms. The first kappa shape index (κ1) is 16.7. The van der Waals surface area contributed by atoms with E-state index in [0.717, 1.165) is 23.5 Å². The van der Waals surface area contributed by atoms with Crippen LogP contribution in [0.2, 0.25) is 0 Å². The van der Waals surface area contributed by atoms with Crippen LogP contribution in [0.5, 0.6) is 0 Å². The Hall–Kier alpha value is -1.63. The van der Waals surface area contributed by atoms with E-state index in [9.17, 15) is 8.42 Å². The number of nitrogens with two attached hydrogens (primary N) is 1. The van der Waals surface area contributed by atoms with E-state index in [1.807, 2.05) is 19.2 Å². The molecule has 2 aromatic rings. The second-order valence-corrected chi connectivity index (χ2v) is 6.99. The standard InChI is InChI=1S/C16H22N2O3S/c1-4-14-7-8-15(21-14)11-18(3)12(2)13-5-9-16(10-6-13)22(17,19)20/h5-10,12H,4,11H2,1-3H3,(H2,17,19,20)/t12-/m0/s1. The first-order chi connectivity index (χ1) is 10.3. The van der Waals surface area contributed by atoms with Gasteiger partial charge < -0.3 is 4.42 Å². The molecule has 0 aliphatic rings. The van der Waals surface area contributed by atoms with Gasteiger partial charge in [0.25, 0.3) is 0 Å². The van der Waals surface area contributed by atoms with E-state index in [1.54, 1.807) is 12.1 Å². The fourth-order valence-electron chi connectivity index (χ4n) is 2.27. The van der Waals surface area contributed by atoms with Crippen molar-refractivity contribution in [3.63, 3.8) is 0 Å². The minimum Gasteiger partial charge on any atom is -0.465 e. The summed E-state index contributed by atoms with van der Waals surface area (Å²) in [6.07, 6.45) is 0.883. The summed E-state index contributed by atoms with van der Waals surface area (Å²) in [4.78, 5) is 2.27. The number of hydrogen-bond donors (Lipinski definition) is 1. The number of benzene rings is 1. The predicted molar refractivity (Wildman–Crippen MR) is 85.8 cm³/mol. The van der Waals surface area contributed by atoms with Gasteiger partial charge in [0.15, 0.2) is 0 Å². The van der Waals surface area contributed by atoms with Crippen LogP contribution in [0.4, 0.5) is 0 Å². The zero-order chi connectivity index (χ0) is 16.3. The minimum atomic E-state index is -3.64. The van der Waals surface area contributed by atoms with Crippen LogP contribution < -0.4 is 5.14 Å². The smallest absolute Gasteiger partial charge is 0.238 e. The average Bonchev–Trinajstić information content (AvgIpc) is 2.93. The summed E-state index contributed by atoms with van der Waals surface area (Å²) in [7, 11) is -1.64. The van der Waals surface area contributed by atoms with Crippen molar-refractivity contribution >= 4 is 10.0 Å². The topological polar surface area (TPSA) is 76.5 Å². The van der Waals surface area contributed by atoms with Crippen molar-refractivity contribution in [2.24, 2.45) is 5.14 Å². The van der Waals surface area contributed by atoms with Gasteiger partial charge in [0.05, 0.1) is 11.4 Å². The van der Waals surface area contributed by atoms with E-state index in [4.69, 9.17) is 9.56 Å². The molecule has 1 heterocycles. The Balaban J connectivity index is 2.08. The van der Waals surface area contributed by atoms with Crippen molar-refractivity contribution < 1.29 is 12.8 Å². The van der Waals surface area contributed by atoms with Gasteiger partial charge in [0, 0.05) is 12.5 Å². The van der Waals surface area contributed by atoms with E-state index in [0.29, 0.717) is 6.54 Å². The normalized spacial score (nSPS) is 13.5. The highest BCUT2D eigenvalue weighted by molar-refractivity contribution is 7.89. The molecule has 0 amide bonds. The highest BCUT2D eigenvalue weighted by Gasteiger charge is 2.15. The molecule has 5 nitrogen and oxygen atoms in total. The third kappa shape index (κ3) is 3.97. The van der Waals surface area contributed by atoms with Crippen LogP contribution in [-0.2, 0) is 23.0 Å². The maximum atomic E-state index is 11.3. The molecule has 0 spiro atoms. The molecule has 120 valence electrons. The van der Waals surface area contributed by atoms with E-state index in [2.05, 4.69) is 18.7 Å². The van der Waals surface area contributed by atoms with Crippen molar-refractivity contribution in [2.75, 3.05) is 7.05 Å². The highest BCUT2D eigenvalue weighted by Crippen LogP contribution is 2.22. The number of primary sulfonamides is 1. The molecule has 2 N–H and O–H groups in total. The second kappa shape index (κ2) is 6.64. The summed E-state index contributed by atoms with van der Waals surface area (Å²) in [5, 5.41) is 5.11. The second-order valence-electron chi connectivity index (χ2n) is 5.43.